The predicted molar refractivity (Wildman–Crippen MR) is 96.4 cm³/mol. The van der Waals surface area contributed by atoms with Crippen LogP contribution in [0.15, 0.2) is 30.3 Å². The van der Waals surface area contributed by atoms with Gasteiger partial charge < -0.3 is 9.80 Å². The summed E-state index contributed by atoms with van der Waals surface area (Å²) in [5.74, 6) is 0.596. The Morgan fingerprint density at radius 3 is 2.46 bits per heavy atom. The molecule has 0 aromatic heterocycles. The minimum Gasteiger partial charge on any atom is -0.336 e. The molecule has 1 atom stereocenters. The normalized spacial score (nSPS) is 19.8. The Balaban J connectivity index is 1.89. The summed E-state index contributed by atoms with van der Waals surface area (Å²) in [4.78, 5) is 16.5. The van der Waals surface area contributed by atoms with Gasteiger partial charge in [0.25, 0.3) is 0 Å². The lowest BCUT2D eigenvalue weighted by Crippen LogP contribution is -2.40. The van der Waals surface area contributed by atoms with Crippen molar-refractivity contribution in [2.24, 2.45) is 0 Å². The van der Waals surface area contributed by atoms with Gasteiger partial charge in [-0.3, -0.25) is 4.79 Å². The highest BCUT2D eigenvalue weighted by Crippen LogP contribution is 2.17. The lowest BCUT2D eigenvalue weighted by atomic mass is 10.1. The van der Waals surface area contributed by atoms with E-state index < -0.39 is 9.84 Å². The molecule has 0 saturated carbocycles. The van der Waals surface area contributed by atoms with Crippen molar-refractivity contribution in [3.63, 3.8) is 0 Å². The van der Waals surface area contributed by atoms with Crippen molar-refractivity contribution in [3.05, 3.63) is 35.9 Å². The standard InChI is InChI=1S/C18H28N2O3S/c1-15(2)20(13-16-7-5-4-6-8-16)18(21)9-11-19(3)17-10-12-24(22,23)14-17/h4-8,15,17H,9-14H2,1-3H3. The average Bonchev–Trinajstić information content (AvgIpc) is 2.91. The third-order valence-electron chi connectivity index (χ3n) is 4.65. The largest absolute Gasteiger partial charge is 0.336 e. The van der Waals surface area contributed by atoms with Gasteiger partial charge in [-0.05, 0) is 32.9 Å². The second-order valence-electron chi connectivity index (χ2n) is 6.89. The Morgan fingerprint density at radius 1 is 1.25 bits per heavy atom. The Hall–Kier alpha value is -1.40. The molecule has 0 N–H and O–H groups in total. The van der Waals surface area contributed by atoms with Gasteiger partial charge in [0.1, 0.15) is 0 Å². The summed E-state index contributed by atoms with van der Waals surface area (Å²) in [6, 6.07) is 10.2. The summed E-state index contributed by atoms with van der Waals surface area (Å²) >= 11 is 0. The lowest BCUT2D eigenvalue weighted by Gasteiger charge is -2.29. The van der Waals surface area contributed by atoms with Crippen LogP contribution in [0.25, 0.3) is 0 Å². The molecule has 1 heterocycles. The molecule has 1 amide bonds. The van der Waals surface area contributed by atoms with E-state index in [2.05, 4.69) is 0 Å². The molecule has 6 heteroatoms. The number of hydrogen-bond donors (Lipinski definition) is 0. The highest BCUT2D eigenvalue weighted by atomic mass is 32.2. The molecule has 1 aromatic carbocycles. The lowest BCUT2D eigenvalue weighted by molar-refractivity contribution is -0.133. The molecule has 1 aliphatic heterocycles. The fourth-order valence-electron chi connectivity index (χ4n) is 3.06. The maximum absolute atomic E-state index is 12.6. The first-order valence-electron chi connectivity index (χ1n) is 8.52. The van der Waals surface area contributed by atoms with Gasteiger partial charge in [0.2, 0.25) is 5.91 Å². The van der Waals surface area contributed by atoms with Gasteiger partial charge in [-0.2, -0.15) is 0 Å². The highest BCUT2D eigenvalue weighted by Gasteiger charge is 2.30. The number of carbonyl (C=O) groups excluding carboxylic acids is 1. The van der Waals surface area contributed by atoms with Gasteiger partial charge in [-0.15, -0.1) is 0 Å². The minimum absolute atomic E-state index is 0.0458. The summed E-state index contributed by atoms with van der Waals surface area (Å²) in [5, 5.41) is 0. The van der Waals surface area contributed by atoms with Crippen LogP contribution in [0.1, 0.15) is 32.3 Å². The van der Waals surface area contributed by atoms with Crippen LogP contribution in [-0.2, 0) is 21.2 Å². The predicted octanol–water partition coefficient (Wildman–Crippen LogP) is 1.93. The van der Waals surface area contributed by atoms with E-state index >= 15 is 0 Å². The van der Waals surface area contributed by atoms with E-state index in [-0.39, 0.29) is 29.5 Å². The maximum Gasteiger partial charge on any atom is 0.224 e. The second kappa shape index (κ2) is 8.12. The van der Waals surface area contributed by atoms with Crippen molar-refractivity contribution in [3.8, 4) is 0 Å². The van der Waals surface area contributed by atoms with Gasteiger partial charge in [0, 0.05) is 31.6 Å². The molecular formula is C18H28N2O3S. The molecular weight excluding hydrogens is 324 g/mol. The third kappa shape index (κ3) is 5.31. The summed E-state index contributed by atoms with van der Waals surface area (Å²) in [6.45, 7) is 5.25. The monoisotopic (exact) mass is 352 g/mol. The first-order chi connectivity index (χ1) is 11.3. The third-order valence-corrected chi connectivity index (χ3v) is 6.40. The molecule has 1 saturated heterocycles. The highest BCUT2D eigenvalue weighted by molar-refractivity contribution is 7.91. The fraction of sp³-hybridized carbons (Fsp3) is 0.611. The zero-order chi connectivity index (χ0) is 17.7. The van der Waals surface area contributed by atoms with Crippen LogP contribution in [0.4, 0.5) is 0 Å². The van der Waals surface area contributed by atoms with Crippen LogP contribution in [0.2, 0.25) is 0 Å². The Morgan fingerprint density at radius 2 is 1.92 bits per heavy atom. The Kier molecular flexibility index (Phi) is 6.40. The van der Waals surface area contributed by atoms with Crippen LogP contribution < -0.4 is 0 Å². The molecule has 1 aliphatic rings. The van der Waals surface area contributed by atoms with E-state index in [0.29, 0.717) is 25.9 Å². The van der Waals surface area contributed by atoms with E-state index in [1.54, 1.807) is 0 Å². The van der Waals surface area contributed by atoms with Crippen molar-refractivity contribution >= 4 is 15.7 Å². The van der Waals surface area contributed by atoms with Crippen LogP contribution in [-0.4, -0.2) is 61.3 Å². The molecule has 24 heavy (non-hydrogen) atoms. The SMILES string of the molecule is CC(C)N(Cc1ccccc1)C(=O)CCN(C)C1CCS(=O)(=O)C1. The van der Waals surface area contributed by atoms with E-state index in [9.17, 15) is 13.2 Å². The first kappa shape index (κ1) is 18.9. The number of nitrogens with zero attached hydrogens (tertiary/aromatic N) is 2. The molecule has 0 radical (unpaired) electrons. The molecule has 5 nitrogen and oxygen atoms in total. The van der Waals surface area contributed by atoms with Crippen molar-refractivity contribution in [1.29, 1.82) is 0 Å². The van der Waals surface area contributed by atoms with Gasteiger partial charge in [-0.1, -0.05) is 30.3 Å². The molecule has 1 aromatic rings. The molecule has 134 valence electrons. The summed E-state index contributed by atoms with van der Waals surface area (Å²) < 4.78 is 23.2. The number of hydrogen-bond acceptors (Lipinski definition) is 4. The number of carbonyl (C=O) groups is 1. The molecule has 2 rings (SSSR count). The topological polar surface area (TPSA) is 57.7 Å². The summed E-state index contributed by atoms with van der Waals surface area (Å²) in [5.41, 5.74) is 1.12. The first-order valence-corrected chi connectivity index (χ1v) is 10.3. The van der Waals surface area contributed by atoms with Crippen LogP contribution in [0.5, 0.6) is 0 Å². The smallest absolute Gasteiger partial charge is 0.224 e. The van der Waals surface area contributed by atoms with Gasteiger partial charge in [0.05, 0.1) is 11.5 Å². The molecule has 0 bridgehead atoms. The Labute approximate surface area is 145 Å². The molecule has 1 fully saturated rings. The van der Waals surface area contributed by atoms with Crippen LogP contribution in [0.3, 0.4) is 0 Å². The summed E-state index contributed by atoms with van der Waals surface area (Å²) in [6.07, 6.45) is 1.09. The van der Waals surface area contributed by atoms with Crippen molar-refractivity contribution in [2.45, 2.75) is 45.3 Å². The zero-order valence-corrected chi connectivity index (χ0v) is 15.6. The van der Waals surface area contributed by atoms with Crippen molar-refractivity contribution < 1.29 is 13.2 Å². The van der Waals surface area contributed by atoms with E-state index in [0.717, 1.165) is 5.56 Å². The second-order valence-corrected chi connectivity index (χ2v) is 9.12. The summed E-state index contributed by atoms with van der Waals surface area (Å²) in [7, 11) is -0.974. The number of benzene rings is 1. The Bertz CT molecular complexity index is 643. The zero-order valence-electron chi connectivity index (χ0n) is 14.8. The number of amides is 1. The average molecular weight is 353 g/mol. The van der Waals surface area contributed by atoms with Crippen LogP contribution in [0, 0.1) is 0 Å². The van der Waals surface area contributed by atoms with Gasteiger partial charge in [0.15, 0.2) is 9.84 Å². The minimum atomic E-state index is -2.89. The maximum atomic E-state index is 12.6. The van der Waals surface area contributed by atoms with E-state index in [1.165, 1.54) is 0 Å². The van der Waals surface area contributed by atoms with Gasteiger partial charge in [-0.25, -0.2) is 8.42 Å². The van der Waals surface area contributed by atoms with Crippen LogP contribution >= 0.6 is 0 Å². The van der Waals surface area contributed by atoms with Gasteiger partial charge >= 0.3 is 0 Å². The van der Waals surface area contributed by atoms with Crippen molar-refractivity contribution in [1.82, 2.24) is 9.80 Å². The van der Waals surface area contributed by atoms with Crippen molar-refractivity contribution in [2.75, 3.05) is 25.1 Å². The number of rotatable bonds is 7. The quantitative estimate of drug-likeness (QED) is 0.752. The van der Waals surface area contributed by atoms with E-state index in [4.69, 9.17) is 0 Å². The number of sulfone groups is 1. The molecule has 0 spiro atoms. The molecule has 0 aliphatic carbocycles. The molecule has 1 unspecified atom stereocenters. The van der Waals surface area contributed by atoms with E-state index in [1.807, 2.05) is 61.0 Å². The fourth-order valence-corrected chi connectivity index (χ4v) is 4.87.